The molecule has 0 saturated carbocycles. The van der Waals surface area contributed by atoms with E-state index < -0.39 is 0 Å². The van der Waals surface area contributed by atoms with Crippen LogP contribution in [-0.4, -0.2) is 15.3 Å². The topological polar surface area (TPSA) is 58.7 Å². The van der Waals surface area contributed by atoms with E-state index in [0.29, 0.717) is 18.2 Å². The van der Waals surface area contributed by atoms with Crippen LogP contribution in [0.2, 0.25) is 0 Å². The van der Waals surface area contributed by atoms with Crippen molar-refractivity contribution in [3.63, 3.8) is 0 Å². The molecule has 118 valence electrons. The minimum atomic E-state index is -0.213. The molecule has 0 radical (unpaired) electrons. The molecule has 1 aliphatic rings. The SMILES string of the molecule is CC(C)c1ccc(-c2nc3n(c(=O)c2C#N)CCCCS3)cc1. The van der Waals surface area contributed by atoms with Crippen molar-refractivity contribution >= 4 is 11.8 Å². The molecule has 0 aliphatic carbocycles. The summed E-state index contributed by atoms with van der Waals surface area (Å²) in [5.41, 5.74) is 2.50. The first-order valence-corrected chi connectivity index (χ1v) is 8.88. The van der Waals surface area contributed by atoms with E-state index in [2.05, 4.69) is 24.9 Å². The van der Waals surface area contributed by atoms with Gasteiger partial charge in [0.05, 0.1) is 5.69 Å². The highest BCUT2D eigenvalue weighted by molar-refractivity contribution is 7.99. The van der Waals surface area contributed by atoms with Crippen LogP contribution in [0.3, 0.4) is 0 Å². The number of aromatic nitrogens is 2. The number of benzene rings is 1. The molecule has 0 saturated heterocycles. The number of rotatable bonds is 2. The standard InChI is InChI=1S/C18H19N3OS/c1-12(2)13-5-7-14(8-6-13)16-15(11-19)17(22)21-9-3-4-10-23-18(21)20-16/h5-8,12H,3-4,9-10H2,1-2H3. The second-order valence-electron chi connectivity index (χ2n) is 6.02. The van der Waals surface area contributed by atoms with Crippen LogP contribution in [0.4, 0.5) is 0 Å². The minimum Gasteiger partial charge on any atom is -0.286 e. The number of hydrogen-bond acceptors (Lipinski definition) is 4. The Hall–Kier alpha value is -2.06. The van der Waals surface area contributed by atoms with Gasteiger partial charge in [-0.2, -0.15) is 5.26 Å². The van der Waals surface area contributed by atoms with Crippen molar-refractivity contribution in [2.45, 2.75) is 44.3 Å². The Balaban J connectivity index is 2.15. The van der Waals surface area contributed by atoms with Gasteiger partial charge in [0.15, 0.2) is 5.16 Å². The molecule has 0 spiro atoms. The molecule has 1 aliphatic heterocycles. The Kier molecular flexibility index (Phi) is 4.53. The highest BCUT2D eigenvalue weighted by Crippen LogP contribution is 2.27. The van der Waals surface area contributed by atoms with Gasteiger partial charge in [-0.15, -0.1) is 0 Å². The van der Waals surface area contributed by atoms with Gasteiger partial charge in [0, 0.05) is 17.9 Å². The molecule has 3 rings (SSSR count). The van der Waals surface area contributed by atoms with Crippen molar-refractivity contribution in [3.8, 4) is 17.3 Å². The zero-order valence-corrected chi connectivity index (χ0v) is 14.2. The lowest BCUT2D eigenvalue weighted by molar-refractivity contribution is 0.563. The third kappa shape index (κ3) is 3.04. The highest BCUT2D eigenvalue weighted by atomic mass is 32.2. The van der Waals surface area contributed by atoms with Gasteiger partial charge >= 0.3 is 0 Å². The maximum Gasteiger partial charge on any atom is 0.272 e. The normalized spacial score (nSPS) is 14.2. The quantitative estimate of drug-likeness (QED) is 0.788. The lowest BCUT2D eigenvalue weighted by Gasteiger charge is -2.12. The summed E-state index contributed by atoms with van der Waals surface area (Å²) in [6.07, 6.45) is 2.02. The van der Waals surface area contributed by atoms with Gasteiger partial charge in [-0.3, -0.25) is 9.36 Å². The molecular formula is C18H19N3OS. The monoisotopic (exact) mass is 325 g/mol. The summed E-state index contributed by atoms with van der Waals surface area (Å²) in [6, 6.07) is 10.1. The predicted molar refractivity (Wildman–Crippen MR) is 92.7 cm³/mol. The van der Waals surface area contributed by atoms with Crippen molar-refractivity contribution in [3.05, 3.63) is 45.7 Å². The number of nitriles is 1. The summed E-state index contributed by atoms with van der Waals surface area (Å²) in [5.74, 6) is 1.41. The summed E-state index contributed by atoms with van der Waals surface area (Å²) in [6.45, 7) is 4.92. The van der Waals surface area contributed by atoms with Gasteiger partial charge < -0.3 is 0 Å². The van der Waals surface area contributed by atoms with Crippen LogP contribution in [0, 0.1) is 11.3 Å². The first kappa shape index (κ1) is 15.8. The molecule has 1 aromatic carbocycles. The molecule has 0 amide bonds. The second-order valence-corrected chi connectivity index (χ2v) is 7.08. The van der Waals surface area contributed by atoms with E-state index in [-0.39, 0.29) is 11.1 Å². The van der Waals surface area contributed by atoms with Crippen molar-refractivity contribution < 1.29 is 0 Å². The summed E-state index contributed by atoms with van der Waals surface area (Å²) in [7, 11) is 0. The van der Waals surface area contributed by atoms with E-state index in [0.717, 1.165) is 29.3 Å². The zero-order valence-electron chi connectivity index (χ0n) is 13.4. The van der Waals surface area contributed by atoms with Gasteiger partial charge in [0.1, 0.15) is 11.6 Å². The molecule has 0 unspecified atom stereocenters. The van der Waals surface area contributed by atoms with Gasteiger partial charge in [-0.25, -0.2) is 4.98 Å². The Morgan fingerprint density at radius 2 is 2.00 bits per heavy atom. The Bertz CT molecular complexity index is 816. The molecule has 4 nitrogen and oxygen atoms in total. The van der Waals surface area contributed by atoms with Crippen molar-refractivity contribution in [1.82, 2.24) is 9.55 Å². The van der Waals surface area contributed by atoms with Crippen LogP contribution in [-0.2, 0) is 6.54 Å². The summed E-state index contributed by atoms with van der Waals surface area (Å²) in [4.78, 5) is 17.3. The molecule has 2 heterocycles. The summed E-state index contributed by atoms with van der Waals surface area (Å²) >= 11 is 1.60. The van der Waals surface area contributed by atoms with Gasteiger partial charge in [0.25, 0.3) is 5.56 Å². The largest absolute Gasteiger partial charge is 0.286 e. The van der Waals surface area contributed by atoms with E-state index in [4.69, 9.17) is 0 Å². The lowest BCUT2D eigenvalue weighted by Crippen LogP contribution is -2.26. The van der Waals surface area contributed by atoms with E-state index in [1.807, 2.05) is 24.3 Å². The van der Waals surface area contributed by atoms with E-state index in [1.54, 1.807) is 16.3 Å². The van der Waals surface area contributed by atoms with Gasteiger partial charge in [0.2, 0.25) is 0 Å². The average Bonchev–Trinajstić information content (AvgIpc) is 2.80. The molecule has 2 aromatic rings. The van der Waals surface area contributed by atoms with Crippen molar-refractivity contribution in [2.75, 3.05) is 5.75 Å². The highest BCUT2D eigenvalue weighted by Gasteiger charge is 2.19. The van der Waals surface area contributed by atoms with E-state index in [9.17, 15) is 10.1 Å². The van der Waals surface area contributed by atoms with Crippen molar-refractivity contribution in [1.29, 1.82) is 5.26 Å². The number of hydrogen-bond donors (Lipinski definition) is 0. The predicted octanol–water partition coefficient (Wildman–Crippen LogP) is 3.79. The molecule has 5 heteroatoms. The number of nitrogens with zero attached hydrogens (tertiary/aromatic N) is 3. The van der Waals surface area contributed by atoms with Crippen LogP contribution < -0.4 is 5.56 Å². The summed E-state index contributed by atoms with van der Waals surface area (Å²) in [5, 5.41) is 10.2. The maximum atomic E-state index is 12.7. The van der Waals surface area contributed by atoms with Crippen LogP contribution in [0.25, 0.3) is 11.3 Å². The van der Waals surface area contributed by atoms with E-state index >= 15 is 0 Å². The maximum absolute atomic E-state index is 12.7. The van der Waals surface area contributed by atoms with Gasteiger partial charge in [-0.05, 0) is 24.3 Å². The van der Waals surface area contributed by atoms with Crippen molar-refractivity contribution in [2.24, 2.45) is 0 Å². The molecule has 0 N–H and O–H groups in total. The molecule has 1 aromatic heterocycles. The molecule has 0 bridgehead atoms. The second kappa shape index (κ2) is 6.59. The molecule has 0 atom stereocenters. The van der Waals surface area contributed by atoms with E-state index in [1.165, 1.54) is 5.56 Å². The Labute approximate surface area is 140 Å². The molecule has 23 heavy (non-hydrogen) atoms. The summed E-state index contributed by atoms with van der Waals surface area (Å²) < 4.78 is 1.65. The Morgan fingerprint density at radius 1 is 1.26 bits per heavy atom. The minimum absolute atomic E-state index is 0.147. The fraction of sp³-hybridized carbons (Fsp3) is 0.389. The molecule has 0 fully saturated rings. The first-order chi connectivity index (χ1) is 11.1. The fourth-order valence-corrected chi connectivity index (χ4v) is 3.73. The first-order valence-electron chi connectivity index (χ1n) is 7.90. The fourth-order valence-electron chi connectivity index (χ4n) is 2.71. The lowest BCUT2D eigenvalue weighted by atomic mass is 9.99. The smallest absolute Gasteiger partial charge is 0.272 e. The van der Waals surface area contributed by atoms with Crippen LogP contribution in [0.5, 0.6) is 0 Å². The zero-order chi connectivity index (χ0) is 16.4. The van der Waals surface area contributed by atoms with Crippen LogP contribution in [0.15, 0.2) is 34.2 Å². The van der Waals surface area contributed by atoms with Crippen LogP contribution in [0.1, 0.15) is 43.7 Å². The number of fused-ring (bicyclic) bond motifs is 1. The Morgan fingerprint density at radius 3 is 2.65 bits per heavy atom. The average molecular weight is 325 g/mol. The molecular weight excluding hydrogens is 306 g/mol. The van der Waals surface area contributed by atoms with Gasteiger partial charge in [-0.1, -0.05) is 49.9 Å². The third-order valence-electron chi connectivity index (χ3n) is 4.10. The third-order valence-corrected chi connectivity index (χ3v) is 5.17. The van der Waals surface area contributed by atoms with Crippen LogP contribution >= 0.6 is 11.8 Å². The number of thioether (sulfide) groups is 1.